The van der Waals surface area contributed by atoms with Crippen LogP contribution in [-0.2, 0) is 9.84 Å². The van der Waals surface area contributed by atoms with Crippen LogP contribution in [0.25, 0.3) is 0 Å². The van der Waals surface area contributed by atoms with Crippen molar-refractivity contribution in [1.29, 1.82) is 0 Å². The maximum Gasteiger partial charge on any atom is 0.206 e. The molecule has 1 fully saturated rings. The molecule has 1 aliphatic rings. The predicted molar refractivity (Wildman–Crippen MR) is 122 cm³/mol. The molecule has 0 aliphatic heterocycles. The second-order valence-electron chi connectivity index (χ2n) is 8.36. The molecule has 0 radical (unpaired) electrons. The van der Waals surface area contributed by atoms with Crippen molar-refractivity contribution >= 4 is 9.84 Å². The van der Waals surface area contributed by atoms with Gasteiger partial charge in [-0.3, -0.25) is 0 Å². The minimum atomic E-state index is -3.60. The molecule has 162 valence electrons. The Morgan fingerprint density at radius 3 is 1.65 bits per heavy atom. The molecule has 0 N–H and O–H groups in total. The predicted octanol–water partition coefficient (Wildman–Crippen LogP) is 6.58. The van der Waals surface area contributed by atoms with Gasteiger partial charge in [0, 0.05) is 0 Å². The second-order valence-corrected chi connectivity index (χ2v) is 10.3. The Kier molecular flexibility index (Phi) is 6.33. The molecule has 4 rings (SSSR count). The van der Waals surface area contributed by atoms with E-state index in [1.165, 1.54) is 12.8 Å². The van der Waals surface area contributed by atoms with E-state index in [-0.39, 0.29) is 15.9 Å². The van der Waals surface area contributed by atoms with Crippen LogP contribution in [0.1, 0.15) is 38.2 Å². The zero-order chi connectivity index (χ0) is 21.8. The van der Waals surface area contributed by atoms with Gasteiger partial charge >= 0.3 is 0 Å². The van der Waals surface area contributed by atoms with Gasteiger partial charge in [0.05, 0.1) is 15.9 Å². The molecule has 0 atom stereocenters. The van der Waals surface area contributed by atoms with Crippen LogP contribution in [0.4, 0.5) is 0 Å². The van der Waals surface area contributed by atoms with E-state index in [9.17, 15) is 8.42 Å². The molecule has 0 bridgehead atoms. The van der Waals surface area contributed by atoms with E-state index in [4.69, 9.17) is 9.47 Å². The van der Waals surface area contributed by atoms with Crippen LogP contribution < -0.4 is 9.47 Å². The van der Waals surface area contributed by atoms with Crippen LogP contribution in [0.5, 0.6) is 17.2 Å². The summed E-state index contributed by atoms with van der Waals surface area (Å²) in [6, 6.07) is 20.9. The third-order valence-electron chi connectivity index (χ3n) is 5.79. The third-order valence-corrected chi connectivity index (χ3v) is 7.58. The summed E-state index contributed by atoms with van der Waals surface area (Å²) in [5, 5.41) is 0. The van der Waals surface area contributed by atoms with Gasteiger partial charge in [-0.2, -0.15) is 0 Å². The minimum Gasteiger partial charge on any atom is -0.490 e. The SMILES string of the molecule is Cc1ccc(Oc2ccc(S(=O)(=O)c3ccc(OC4CCC(C)CC4)cc3)cc2)cc1. The molecule has 0 unspecified atom stereocenters. The number of hydrogen-bond acceptors (Lipinski definition) is 4. The minimum absolute atomic E-state index is 0.222. The molecule has 5 heteroatoms. The smallest absolute Gasteiger partial charge is 0.206 e. The molecule has 0 saturated heterocycles. The monoisotopic (exact) mass is 436 g/mol. The van der Waals surface area contributed by atoms with Crippen LogP contribution in [-0.4, -0.2) is 14.5 Å². The summed E-state index contributed by atoms with van der Waals surface area (Å²) >= 11 is 0. The quantitative estimate of drug-likeness (QED) is 0.438. The van der Waals surface area contributed by atoms with Crippen LogP contribution in [0.3, 0.4) is 0 Å². The zero-order valence-corrected chi connectivity index (χ0v) is 18.8. The van der Waals surface area contributed by atoms with E-state index in [1.807, 2.05) is 31.2 Å². The maximum atomic E-state index is 13.0. The van der Waals surface area contributed by atoms with Crippen molar-refractivity contribution in [3.05, 3.63) is 78.4 Å². The van der Waals surface area contributed by atoms with Gasteiger partial charge in [-0.05, 0) is 99.2 Å². The Hall–Kier alpha value is -2.79. The van der Waals surface area contributed by atoms with Gasteiger partial charge in [0.1, 0.15) is 17.2 Å². The summed E-state index contributed by atoms with van der Waals surface area (Å²) < 4.78 is 37.8. The zero-order valence-electron chi connectivity index (χ0n) is 18.0. The summed E-state index contributed by atoms with van der Waals surface area (Å²) in [7, 11) is -3.60. The number of benzene rings is 3. The lowest BCUT2D eigenvalue weighted by Crippen LogP contribution is -2.23. The molecule has 31 heavy (non-hydrogen) atoms. The second kappa shape index (κ2) is 9.15. The van der Waals surface area contributed by atoms with Crippen LogP contribution in [0, 0.1) is 12.8 Å². The fourth-order valence-electron chi connectivity index (χ4n) is 3.80. The summed E-state index contributed by atoms with van der Waals surface area (Å²) in [5.41, 5.74) is 1.15. The number of sulfone groups is 1. The van der Waals surface area contributed by atoms with Gasteiger partial charge in [0.15, 0.2) is 0 Å². The van der Waals surface area contributed by atoms with Gasteiger partial charge in [-0.25, -0.2) is 8.42 Å². The van der Waals surface area contributed by atoms with Crippen molar-refractivity contribution < 1.29 is 17.9 Å². The van der Waals surface area contributed by atoms with E-state index in [0.29, 0.717) is 11.5 Å². The van der Waals surface area contributed by atoms with E-state index in [2.05, 4.69) is 6.92 Å². The fourth-order valence-corrected chi connectivity index (χ4v) is 5.06. The van der Waals surface area contributed by atoms with Crippen molar-refractivity contribution in [2.45, 2.75) is 55.4 Å². The van der Waals surface area contributed by atoms with Crippen LogP contribution in [0.2, 0.25) is 0 Å². The normalized spacial score (nSPS) is 19.0. The summed E-state index contributed by atoms with van der Waals surface area (Å²) in [6.45, 7) is 4.29. The number of ether oxygens (including phenoxy) is 2. The largest absolute Gasteiger partial charge is 0.490 e. The van der Waals surface area contributed by atoms with Gasteiger partial charge < -0.3 is 9.47 Å². The lowest BCUT2D eigenvalue weighted by molar-refractivity contribution is 0.135. The molecule has 0 spiro atoms. The average molecular weight is 437 g/mol. The van der Waals surface area contributed by atoms with E-state index in [1.54, 1.807) is 48.5 Å². The number of aryl methyl sites for hydroxylation is 1. The highest BCUT2D eigenvalue weighted by atomic mass is 32.2. The van der Waals surface area contributed by atoms with Crippen molar-refractivity contribution in [2.75, 3.05) is 0 Å². The molecule has 0 amide bonds. The Balaban J connectivity index is 1.43. The van der Waals surface area contributed by atoms with Crippen LogP contribution in [0.15, 0.2) is 82.6 Å². The third kappa shape index (κ3) is 5.28. The highest BCUT2D eigenvalue weighted by Gasteiger charge is 2.21. The molecule has 4 nitrogen and oxygen atoms in total. The van der Waals surface area contributed by atoms with Gasteiger partial charge in [0.25, 0.3) is 0 Å². The average Bonchev–Trinajstić information content (AvgIpc) is 2.78. The van der Waals surface area contributed by atoms with Crippen LogP contribution >= 0.6 is 0 Å². The maximum absolute atomic E-state index is 13.0. The highest BCUT2D eigenvalue weighted by molar-refractivity contribution is 7.91. The van der Waals surface area contributed by atoms with Gasteiger partial charge in [-0.15, -0.1) is 0 Å². The first-order chi connectivity index (χ1) is 14.9. The molecule has 3 aromatic carbocycles. The van der Waals surface area contributed by atoms with Crippen molar-refractivity contribution in [2.24, 2.45) is 5.92 Å². The van der Waals surface area contributed by atoms with Crippen molar-refractivity contribution in [3.63, 3.8) is 0 Å². The summed E-state index contributed by atoms with van der Waals surface area (Å²) in [4.78, 5) is 0.489. The summed E-state index contributed by atoms with van der Waals surface area (Å²) in [6.07, 6.45) is 4.69. The molecular formula is C26H28O4S. The van der Waals surface area contributed by atoms with Gasteiger partial charge in [0.2, 0.25) is 9.84 Å². The van der Waals surface area contributed by atoms with E-state index < -0.39 is 9.84 Å². The van der Waals surface area contributed by atoms with Gasteiger partial charge in [-0.1, -0.05) is 24.6 Å². The Morgan fingerprint density at radius 1 is 0.677 bits per heavy atom. The standard InChI is InChI=1S/C26H28O4S/c1-19-3-7-21(8-4-19)29-23-11-15-25(16-12-23)31(27,28)26-17-13-24(14-18-26)30-22-9-5-20(2)6-10-22/h3-4,7-8,11-18,20,22H,5-6,9-10H2,1-2H3. The molecular weight excluding hydrogens is 408 g/mol. The Labute approximate surface area is 184 Å². The van der Waals surface area contributed by atoms with E-state index >= 15 is 0 Å². The first-order valence-corrected chi connectivity index (χ1v) is 12.2. The highest BCUT2D eigenvalue weighted by Crippen LogP contribution is 2.30. The van der Waals surface area contributed by atoms with Crippen molar-refractivity contribution in [3.8, 4) is 17.2 Å². The number of rotatable bonds is 6. The lowest BCUT2D eigenvalue weighted by Gasteiger charge is -2.26. The molecule has 3 aromatic rings. The first kappa shape index (κ1) is 21.4. The fraction of sp³-hybridized carbons (Fsp3) is 0.308. The lowest BCUT2D eigenvalue weighted by atomic mass is 9.89. The topological polar surface area (TPSA) is 52.6 Å². The van der Waals surface area contributed by atoms with E-state index in [0.717, 1.165) is 30.1 Å². The molecule has 1 saturated carbocycles. The molecule has 0 aromatic heterocycles. The Morgan fingerprint density at radius 2 is 1.13 bits per heavy atom. The summed E-state index contributed by atoms with van der Waals surface area (Å²) in [5.74, 6) is 2.79. The van der Waals surface area contributed by atoms with Crippen molar-refractivity contribution in [1.82, 2.24) is 0 Å². The molecule has 0 heterocycles. The first-order valence-electron chi connectivity index (χ1n) is 10.8. The molecule has 1 aliphatic carbocycles. The Bertz CT molecular complexity index is 1090. The number of hydrogen-bond donors (Lipinski definition) is 0.